The molecular weight excluding hydrogens is 217 g/mol. The van der Waals surface area contributed by atoms with Gasteiger partial charge in [0, 0.05) is 28.6 Å². The van der Waals surface area contributed by atoms with E-state index in [0.29, 0.717) is 6.04 Å². The van der Waals surface area contributed by atoms with Gasteiger partial charge in [0.2, 0.25) is 0 Å². The monoisotopic (exact) mass is 225 g/mol. The van der Waals surface area contributed by atoms with Crippen molar-refractivity contribution in [2.24, 2.45) is 0 Å². The lowest BCUT2D eigenvalue weighted by molar-refractivity contribution is 0.251. The van der Waals surface area contributed by atoms with Crippen LogP contribution in [0.15, 0.2) is 0 Å². The average Bonchev–Trinajstić information content (AvgIpc) is 1.55. The Hall–Kier alpha value is 0.200. The van der Waals surface area contributed by atoms with Gasteiger partial charge in [-0.1, -0.05) is 0 Å². The van der Waals surface area contributed by atoms with Crippen molar-refractivity contribution >= 4 is 26.5 Å². The second kappa shape index (κ2) is 2.66. The van der Waals surface area contributed by atoms with Crippen molar-refractivity contribution in [1.82, 2.24) is 5.32 Å². The molecule has 46 valence electrons. The van der Waals surface area contributed by atoms with E-state index < -0.39 is 0 Å². The van der Waals surface area contributed by atoms with Crippen LogP contribution in [0.5, 0.6) is 0 Å². The Kier molecular flexibility index (Phi) is 2.10. The largest absolute Gasteiger partial charge is 0.345 e. The first-order valence-corrected chi connectivity index (χ1v) is 3.83. The molecule has 0 saturated heterocycles. The van der Waals surface area contributed by atoms with Crippen molar-refractivity contribution in [3.05, 3.63) is 0 Å². The summed E-state index contributed by atoms with van der Waals surface area (Å²) in [6.07, 6.45) is 3.63. The Morgan fingerprint density at radius 2 is 2.25 bits per heavy atom. The topological polar surface area (TPSA) is 29.1 Å². The van der Waals surface area contributed by atoms with Gasteiger partial charge >= 0.3 is 0 Å². The summed E-state index contributed by atoms with van der Waals surface area (Å²) in [5.41, 5.74) is 0. The van der Waals surface area contributed by atoms with E-state index in [1.807, 2.05) is 0 Å². The van der Waals surface area contributed by atoms with E-state index in [1.54, 1.807) is 22.6 Å². The maximum atomic E-state index is 10.3. The number of amides is 1. The highest BCUT2D eigenvalue weighted by Gasteiger charge is 2.17. The minimum atomic E-state index is 0.0762. The van der Waals surface area contributed by atoms with Crippen LogP contribution in [0.3, 0.4) is 0 Å². The first-order valence-electron chi connectivity index (χ1n) is 2.75. The van der Waals surface area contributed by atoms with Crippen molar-refractivity contribution < 1.29 is 4.79 Å². The Labute approximate surface area is 62.2 Å². The van der Waals surface area contributed by atoms with E-state index in [0.717, 1.165) is 0 Å². The molecule has 0 aromatic carbocycles. The zero-order valence-corrected chi connectivity index (χ0v) is 6.64. The van der Waals surface area contributed by atoms with Gasteiger partial charge in [-0.3, -0.25) is 4.79 Å². The molecule has 0 atom stereocenters. The number of rotatable bonds is 1. The summed E-state index contributed by atoms with van der Waals surface area (Å²) in [4.78, 5) is 10.3. The maximum Gasteiger partial charge on any atom is 0.280 e. The number of halogens is 1. The SMILES string of the molecule is O=C(I)NC1CCC1. The van der Waals surface area contributed by atoms with Crippen molar-refractivity contribution in [2.75, 3.05) is 0 Å². The predicted molar refractivity (Wildman–Crippen MR) is 40.2 cm³/mol. The minimum Gasteiger partial charge on any atom is -0.345 e. The molecule has 0 aliphatic heterocycles. The second-order valence-electron chi connectivity index (χ2n) is 2.05. The first kappa shape index (κ1) is 6.32. The molecule has 0 heterocycles. The van der Waals surface area contributed by atoms with Gasteiger partial charge in [0.25, 0.3) is 3.91 Å². The van der Waals surface area contributed by atoms with Crippen LogP contribution in [0.1, 0.15) is 19.3 Å². The van der Waals surface area contributed by atoms with Crippen LogP contribution < -0.4 is 5.32 Å². The molecule has 3 heteroatoms. The van der Waals surface area contributed by atoms with Crippen LogP contribution >= 0.6 is 22.6 Å². The average molecular weight is 225 g/mol. The summed E-state index contributed by atoms with van der Waals surface area (Å²) in [5, 5.41) is 2.83. The maximum absolute atomic E-state index is 10.3. The van der Waals surface area contributed by atoms with E-state index >= 15 is 0 Å². The molecule has 0 aromatic rings. The van der Waals surface area contributed by atoms with E-state index in [9.17, 15) is 4.79 Å². The third kappa shape index (κ3) is 1.61. The van der Waals surface area contributed by atoms with Gasteiger partial charge in [-0.2, -0.15) is 0 Å². The highest BCUT2D eigenvalue weighted by Crippen LogP contribution is 2.18. The standard InChI is InChI=1S/C5H8INO/c6-5(8)7-4-2-1-3-4/h4H,1-3H2,(H,7,8). The number of hydrogen-bond acceptors (Lipinski definition) is 1. The van der Waals surface area contributed by atoms with Crippen molar-refractivity contribution in [2.45, 2.75) is 25.3 Å². The molecule has 0 bridgehead atoms. The summed E-state index contributed by atoms with van der Waals surface area (Å²) in [6, 6.07) is 0.499. The van der Waals surface area contributed by atoms with Crippen molar-refractivity contribution in [3.8, 4) is 0 Å². The Balaban J connectivity index is 2.09. The van der Waals surface area contributed by atoms with E-state index in [4.69, 9.17) is 0 Å². The van der Waals surface area contributed by atoms with Gasteiger partial charge in [-0.15, -0.1) is 0 Å². The van der Waals surface area contributed by atoms with Crippen LogP contribution in [0, 0.1) is 0 Å². The number of carbonyl (C=O) groups is 1. The molecule has 1 N–H and O–H groups in total. The van der Waals surface area contributed by atoms with Crippen LogP contribution in [0.2, 0.25) is 0 Å². The number of hydrogen-bond donors (Lipinski definition) is 1. The summed E-state index contributed by atoms with van der Waals surface area (Å²) >= 11 is 1.76. The zero-order chi connectivity index (χ0) is 5.98. The Morgan fingerprint density at radius 1 is 1.62 bits per heavy atom. The summed E-state index contributed by atoms with van der Waals surface area (Å²) in [6.45, 7) is 0. The van der Waals surface area contributed by atoms with Crippen LogP contribution in [0.4, 0.5) is 4.79 Å². The molecule has 1 aliphatic rings. The normalized spacial score (nSPS) is 19.6. The lowest BCUT2D eigenvalue weighted by Gasteiger charge is -2.24. The van der Waals surface area contributed by atoms with Gasteiger partial charge in [-0.25, -0.2) is 0 Å². The molecule has 0 aromatic heterocycles. The fourth-order valence-corrected chi connectivity index (χ4v) is 1.15. The molecule has 1 amide bonds. The molecule has 1 fully saturated rings. The summed E-state index contributed by atoms with van der Waals surface area (Å²) in [5.74, 6) is 0. The van der Waals surface area contributed by atoms with E-state index in [-0.39, 0.29) is 3.91 Å². The molecule has 1 aliphatic carbocycles. The van der Waals surface area contributed by atoms with Crippen molar-refractivity contribution in [1.29, 1.82) is 0 Å². The minimum absolute atomic E-state index is 0.0762. The fourth-order valence-electron chi connectivity index (χ4n) is 0.713. The summed E-state index contributed by atoms with van der Waals surface area (Å²) in [7, 11) is 0. The highest BCUT2D eigenvalue weighted by atomic mass is 127. The third-order valence-corrected chi connectivity index (χ3v) is 1.73. The van der Waals surface area contributed by atoms with Crippen molar-refractivity contribution in [3.63, 3.8) is 0 Å². The third-order valence-electron chi connectivity index (χ3n) is 1.42. The zero-order valence-electron chi connectivity index (χ0n) is 4.48. The Bertz CT molecular complexity index is 101. The van der Waals surface area contributed by atoms with Gasteiger partial charge in [0.15, 0.2) is 0 Å². The van der Waals surface area contributed by atoms with Crippen LogP contribution in [0.25, 0.3) is 0 Å². The van der Waals surface area contributed by atoms with E-state index in [2.05, 4.69) is 5.32 Å². The van der Waals surface area contributed by atoms with E-state index in [1.165, 1.54) is 19.3 Å². The Morgan fingerprint density at radius 3 is 2.38 bits per heavy atom. The van der Waals surface area contributed by atoms with Gasteiger partial charge in [-0.05, 0) is 19.3 Å². The fraction of sp³-hybridized carbons (Fsp3) is 0.800. The lowest BCUT2D eigenvalue weighted by Crippen LogP contribution is -2.36. The molecule has 0 unspecified atom stereocenters. The summed E-state index contributed by atoms with van der Waals surface area (Å²) < 4.78 is 0.0762. The molecule has 8 heavy (non-hydrogen) atoms. The predicted octanol–water partition coefficient (Wildman–Crippen LogP) is 1.68. The van der Waals surface area contributed by atoms with Gasteiger partial charge < -0.3 is 5.32 Å². The number of carbonyl (C=O) groups excluding carboxylic acids is 1. The quantitative estimate of drug-likeness (QED) is 0.410. The lowest BCUT2D eigenvalue weighted by atomic mass is 9.94. The number of nitrogens with one attached hydrogen (secondary N) is 1. The molecular formula is C5H8INO. The highest BCUT2D eigenvalue weighted by molar-refractivity contribution is 14.1. The van der Waals surface area contributed by atoms with Gasteiger partial charge in [0.1, 0.15) is 0 Å². The molecule has 1 rings (SSSR count). The smallest absolute Gasteiger partial charge is 0.280 e. The molecule has 0 spiro atoms. The molecule has 1 saturated carbocycles. The van der Waals surface area contributed by atoms with Crippen LogP contribution in [-0.4, -0.2) is 9.96 Å². The van der Waals surface area contributed by atoms with Gasteiger partial charge in [0.05, 0.1) is 0 Å². The molecule has 0 radical (unpaired) electrons. The second-order valence-corrected chi connectivity index (χ2v) is 3.03. The van der Waals surface area contributed by atoms with Crippen LogP contribution in [-0.2, 0) is 0 Å². The molecule has 2 nitrogen and oxygen atoms in total. The first-order chi connectivity index (χ1) is 3.79.